The van der Waals surface area contributed by atoms with Crippen molar-refractivity contribution >= 4 is 5.97 Å². The minimum absolute atomic E-state index is 0.972. The summed E-state index contributed by atoms with van der Waals surface area (Å²) in [6, 6.07) is 14.5. The van der Waals surface area contributed by atoms with Crippen molar-refractivity contribution in [2.24, 2.45) is 0 Å². The predicted molar refractivity (Wildman–Crippen MR) is 63.4 cm³/mol. The van der Waals surface area contributed by atoms with Crippen LogP contribution in [0.1, 0.15) is 12.5 Å². The molecule has 0 saturated carbocycles. The molecule has 3 nitrogen and oxygen atoms in total. The molecule has 17 heavy (non-hydrogen) atoms. The highest BCUT2D eigenvalue weighted by atomic mass is 16.4. The Kier molecular flexibility index (Phi) is 4.88. The minimum Gasteiger partial charge on any atom is -0.550 e. The van der Waals surface area contributed by atoms with Gasteiger partial charge in [-0.1, -0.05) is 18.2 Å². The molecule has 1 aromatic heterocycles. The maximum atomic E-state index is 8.89. The molecule has 0 radical (unpaired) electrons. The Morgan fingerprint density at radius 1 is 1.06 bits per heavy atom. The molecule has 0 saturated heterocycles. The number of aryl methyl sites for hydroxylation is 1. The number of benzene rings is 1. The highest BCUT2D eigenvalue weighted by Crippen LogP contribution is 1.98. The third-order valence-corrected chi connectivity index (χ3v) is 2.05. The Morgan fingerprint density at radius 2 is 1.53 bits per heavy atom. The zero-order valence-corrected chi connectivity index (χ0v) is 9.96. The molecule has 0 atom stereocenters. The first kappa shape index (κ1) is 12.9. The molecule has 0 aliphatic rings. The van der Waals surface area contributed by atoms with Crippen LogP contribution in [-0.4, -0.2) is 5.97 Å². The van der Waals surface area contributed by atoms with E-state index in [1.807, 2.05) is 18.2 Å². The van der Waals surface area contributed by atoms with E-state index in [1.165, 1.54) is 11.3 Å². The van der Waals surface area contributed by atoms with E-state index in [4.69, 9.17) is 9.90 Å². The van der Waals surface area contributed by atoms with Crippen LogP contribution in [0.5, 0.6) is 0 Å². The van der Waals surface area contributed by atoms with Gasteiger partial charge in [-0.15, -0.1) is 0 Å². The van der Waals surface area contributed by atoms with Crippen LogP contribution in [0.4, 0.5) is 0 Å². The average Bonchev–Trinajstić information content (AvgIpc) is 2.30. The van der Waals surface area contributed by atoms with Gasteiger partial charge in [0, 0.05) is 30.2 Å². The second-order valence-corrected chi connectivity index (χ2v) is 3.61. The van der Waals surface area contributed by atoms with Crippen molar-refractivity contribution in [1.29, 1.82) is 0 Å². The first-order valence-electron chi connectivity index (χ1n) is 5.30. The van der Waals surface area contributed by atoms with Crippen LogP contribution in [0, 0.1) is 6.92 Å². The van der Waals surface area contributed by atoms with Gasteiger partial charge in [-0.25, -0.2) is 0 Å². The summed E-state index contributed by atoms with van der Waals surface area (Å²) in [5.41, 5.74) is 2.48. The summed E-state index contributed by atoms with van der Waals surface area (Å²) in [7, 11) is 0. The molecule has 0 N–H and O–H groups in total. The number of rotatable bonds is 1. The molecular formula is C14H15NO2. The van der Waals surface area contributed by atoms with Crippen molar-refractivity contribution in [1.82, 2.24) is 0 Å². The molecule has 0 aliphatic heterocycles. The Balaban J connectivity index is 0.000000317. The molecule has 0 amide bonds. The van der Waals surface area contributed by atoms with E-state index in [0.29, 0.717) is 0 Å². The van der Waals surface area contributed by atoms with Gasteiger partial charge < -0.3 is 9.90 Å². The highest BCUT2D eigenvalue weighted by Gasteiger charge is 2.01. The Labute approximate surface area is 101 Å². The first-order valence-corrected chi connectivity index (χ1v) is 5.30. The molecule has 0 fully saturated rings. The summed E-state index contributed by atoms with van der Waals surface area (Å²) >= 11 is 0. The largest absolute Gasteiger partial charge is 0.550 e. The summed E-state index contributed by atoms with van der Waals surface area (Å²) in [6.45, 7) is 3.06. The van der Waals surface area contributed by atoms with E-state index in [-0.39, 0.29) is 0 Å². The monoisotopic (exact) mass is 229 g/mol. The summed E-state index contributed by atoms with van der Waals surface area (Å²) in [4.78, 5) is 8.89. The van der Waals surface area contributed by atoms with E-state index in [1.54, 1.807) is 0 Å². The fraction of sp³-hybridized carbons (Fsp3) is 0.143. The summed E-state index contributed by atoms with van der Waals surface area (Å²) < 4.78 is 2.10. The molecule has 88 valence electrons. The fourth-order valence-electron chi connectivity index (χ4n) is 1.27. The molecule has 2 aromatic rings. The molecule has 3 heteroatoms. The van der Waals surface area contributed by atoms with Crippen LogP contribution in [0.15, 0.2) is 54.9 Å². The molecule has 0 spiro atoms. The third kappa shape index (κ3) is 4.93. The maximum absolute atomic E-state index is 8.89. The van der Waals surface area contributed by atoms with E-state index in [2.05, 4.69) is 48.1 Å². The number of carbonyl (C=O) groups is 1. The second-order valence-electron chi connectivity index (χ2n) is 3.61. The quantitative estimate of drug-likeness (QED) is 0.685. The fourth-order valence-corrected chi connectivity index (χ4v) is 1.27. The lowest BCUT2D eigenvalue weighted by Crippen LogP contribution is -2.28. The molecule has 1 aromatic carbocycles. The maximum Gasteiger partial charge on any atom is 0.210 e. The van der Waals surface area contributed by atoms with Gasteiger partial charge >= 0.3 is 0 Å². The van der Waals surface area contributed by atoms with Crippen molar-refractivity contribution in [3.8, 4) is 5.69 Å². The lowest BCUT2D eigenvalue weighted by molar-refractivity contribution is -0.595. The Hall–Kier alpha value is -2.16. The van der Waals surface area contributed by atoms with Gasteiger partial charge in [0.05, 0.1) is 0 Å². The normalized spacial score (nSPS) is 9.06. The summed E-state index contributed by atoms with van der Waals surface area (Å²) in [5, 5.41) is 8.89. The van der Waals surface area contributed by atoms with Crippen molar-refractivity contribution in [2.75, 3.05) is 0 Å². The number of para-hydroxylation sites is 1. The number of carbonyl (C=O) groups excluding carboxylic acids is 1. The highest BCUT2D eigenvalue weighted by molar-refractivity contribution is 5.60. The molecular weight excluding hydrogens is 214 g/mol. The molecule has 1 heterocycles. The number of pyridine rings is 1. The number of aromatic nitrogens is 1. The number of hydrogen-bond acceptors (Lipinski definition) is 2. The minimum atomic E-state index is -1.08. The smallest absolute Gasteiger partial charge is 0.210 e. The van der Waals surface area contributed by atoms with Gasteiger partial charge in [-0.05, 0) is 19.4 Å². The standard InChI is InChI=1S/C12H12N.C2H4O2/c1-11-7-9-13(10-8-11)12-5-3-2-4-6-12;1-2(3)4/h2-10H,1H3;1H3,(H,3,4)/q+1;/p-1. The van der Waals surface area contributed by atoms with E-state index in [0.717, 1.165) is 6.92 Å². The first-order chi connectivity index (χ1) is 8.09. The predicted octanol–water partition coefficient (Wildman–Crippen LogP) is 1.03. The van der Waals surface area contributed by atoms with E-state index in [9.17, 15) is 0 Å². The van der Waals surface area contributed by atoms with Gasteiger partial charge in [0.1, 0.15) is 0 Å². The van der Waals surface area contributed by atoms with Gasteiger partial charge in [0.15, 0.2) is 12.4 Å². The zero-order chi connectivity index (χ0) is 12.7. The van der Waals surface area contributed by atoms with Crippen molar-refractivity contribution in [3.63, 3.8) is 0 Å². The van der Waals surface area contributed by atoms with Crippen LogP contribution in [0.25, 0.3) is 5.69 Å². The lowest BCUT2D eigenvalue weighted by Gasteiger charge is -1.94. The molecule has 2 rings (SSSR count). The Bertz CT molecular complexity index is 459. The van der Waals surface area contributed by atoms with Crippen molar-refractivity contribution in [2.45, 2.75) is 13.8 Å². The van der Waals surface area contributed by atoms with E-state index < -0.39 is 5.97 Å². The summed E-state index contributed by atoms with van der Waals surface area (Å²) in [6.07, 6.45) is 4.15. The SMILES string of the molecule is CC(=O)[O-].Cc1cc[n+](-c2ccccc2)cc1. The lowest BCUT2D eigenvalue weighted by atomic mass is 10.3. The zero-order valence-electron chi connectivity index (χ0n) is 9.96. The van der Waals surface area contributed by atoms with Crippen LogP contribution in [-0.2, 0) is 4.79 Å². The number of carboxylic acids is 1. The number of hydrogen-bond donors (Lipinski definition) is 0. The molecule has 0 aliphatic carbocycles. The van der Waals surface area contributed by atoms with Crippen LogP contribution >= 0.6 is 0 Å². The van der Waals surface area contributed by atoms with Gasteiger partial charge in [0.2, 0.25) is 5.69 Å². The number of carboxylic acid groups (broad SMARTS) is 1. The van der Waals surface area contributed by atoms with Crippen LogP contribution in [0.2, 0.25) is 0 Å². The van der Waals surface area contributed by atoms with Crippen LogP contribution < -0.4 is 9.67 Å². The van der Waals surface area contributed by atoms with Crippen molar-refractivity contribution in [3.05, 3.63) is 60.4 Å². The molecule has 0 unspecified atom stereocenters. The van der Waals surface area contributed by atoms with Crippen molar-refractivity contribution < 1.29 is 14.5 Å². The van der Waals surface area contributed by atoms with Crippen LogP contribution in [0.3, 0.4) is 0 Å². The Morgan fingerprint density at radius 3 is 2.00 bits per heavy atom. The number of aliphatic carboxylic acids is 1. The topological polar surface area (TPSA) is 44.0 Å². The summed E-state index contributed by atoms with van der Waals surface area (Å²) in [5.74, 6) is -1.08. The number of nitrogens with zero attached hydrogens (tertiary/aromatic N) is 1. The average molecular weight is 229 g/mol. The van der Waals surface area contributed by atoms with Gasteiger partial charge in [-0.2, -0.15) is 4.57 Å². The third-order valence-electron chi connectivity index (χ3n) is 2.05. The van der Waals surface area contributed by atoms with Gasteiger partial charge in [-0.3, -0.25) is 0 Å². The second kappa shape index (κ2) is 6.43. The molecule has 0 bridgehead atoms. The van der Waals surface area contributed by atoms with E-state index >= 15 is 0 Å². The van der Waals surface area contributed by atoms with Gasteiger partial charge in [0.25, 0.3) is 0 Å².